The lowest BCUT2D eigenvalue weighted by Gasteiger charge is -2.33. The molecule has 7 nitrogen and oxygen atoms in total. The highest BCUT2D eigenvalue weighted by Crippen LogP contribution is 2.43. The van der Waals surface area contributed by atoms with Gasteiger partial charge in [-0.05, 0) is 73.3 Å². The fourth-order valence-electron chi connectivity index (χ4n) is 4.70. The molecule has 0 radical (unpaired) electrons. The Morgan fingerprint density at radius 2 is 2.03 bits per heavy atom. The molecule has 0 saturated heterocycles. The van der Waals surface area contributed by atoms with Gasteiger partial charge in [0.05, 0.1) is 5.39 Å². The number of amides is 1. The number of aromatic nitrogens is 4. The summed E-state index contributed by atoms with van der Waals surface area (Å²) < 4.78 is 2.70. The van der Waals surface area contributed by atoms with E-state index in [0.717, 1.165) is 40.6 Å². The van der Waals surface area contributed by atoms with Crippen LogP contribution in [0, 0.1) is 25.2 Å². The minimum Gasteiger partial charge on any atom is -0.324 e. The molecule has 8 heteroatoms. The van der Waals surface area contributed by atoms with Gasteiger partial charge in [0, 0.05) is 10.6 Å². The third-order valence-corrected chi connectivity index (χ3v) is 8.10. The third kappa shape index (κ3) is 3.86. The molecule has 1 aliphatic rings. The molecule has 1 atom stereocenters. The van der Waals surface area contributed by atoms with Crippen molar-refractivity contribution in [1.29, 1.82) is 0 Å². The quantitative estimate of drug-likeness (QED) is 0.485. The van der Waals surface area contributed by atoms with E-state index in [-0.39, 0.29) is 23.6 Å². The summed E-state index contributed by atoms with van der Waals surface area (Å²) in [7, 11) is 0. The number of fused-ring (bicyclic) bond motifs is 5. The van der Waals surface area contributed by atoms with Crippen molar-refractivity contribution in [2.24, 2.45) is 11.3 Å². The summed E-state index contributed by atoms with van der Waals surface area (Å²) >= 11 is 1.71. The van der Waals surface area contributed by atoms with Crippen LogP contribution in [0.3, 0.4) is 0 Å². The lowest BCUT2D eigenvalue weighted by molar-refractivity contribution is -0.117. The van der Waals surface area contributed by atoms with Gasteiger partial charge in [-0.2, -0.15) is 0 Å². The Kier molecular flexibility index (Phi) is 5.16. The van der Waals surface area contributed by atoms with Crippen LogP contribution in [0.2, 0.25) is 0 Å². The first-order valence-electron chi connectivity index (χ1n) is 11.4. The third-order valence-electron chi connectivity index (χ3n) is 6.94. The molecule has 0 fully saturated rings. The monoisotopic (exact) mass is 463 g/mol. The maximum Gasteiger partial charge on any atom is 0.352 e. The second kappa shape index (κ2) is 7.80. The smallest absolute Gasteiger partial charge is 0.324 e. The largest absolute Gasteiger partial charge is 0.352 e. The van der Waals surface area contributed by atoms with Crippen LogP contribution in [0.1, 0.15) is 48.8 Å². The van der Waals surface area contributed by atoms with Crippen molar-refractivity contribution in [3.8, 4) is 0 Å². The Hall–Kier alpha value is -3.00. The maximum absolute atomic E-state index is 13.0. The Morgan fingerprint density at radius 1 is 1.24 bits per heavy atom. The van der Waals surface area contributed by atoms with Gasteiger partial charge in [0.15, 0.2) is 5.65 Å². The van der Waals surface area contributed by atoms with E-state index in [4.69, 9.17) is 0 Å². The molecular formula is C25H29N5O2S. The van der Waals surface area contributed by atoms with Crippen molar-refractivity contribution < 1.29 is 4.79 Å². The zero-order valence-corrected chi connectivity index (χ0v) is 20.5. The highest BCUT2D eigenvalue weighted by Gasteiger charge is 2.32. The van der Waals surface area contributed by atoms with Crippen molar-refractivity contribution in [2.45, 2.75) is 60.4 Å². The van der Waals surface area contributed by atoms with Crippen LogP contribution in [0.5, 0.6) is 0 Å². The number of thiophene rings is 1. The van der Waals surface area contributed by atoms with E-state index >= 15 is 0 Å². The number of anilines is 1. The number of aryl methyl sites for hydroxylation is 3. The van der Waals surface area contributed by atoms with Gasteiger partial charge in [0.25, 0.3) is 0 Å². The highest BCUT2D eigenvalue weighted by atomic mass is 32.1. The zero-order valence-electron chi connectivity index (χ0n) is 19.7. The van der Waals surface area contributed by atoms with Gasteiger partial charge in [0.1, 0.15) is 17.7 Å². The first-order chi connectivity index (χ1) is 15.6. The van der Waals surface area contributed by atoms with E-state index in [9.17, 15) is 9.59 Å². The molecule has 4 aromatic rings. The molecule has 0 aliphatic heterocycles. The van der Waals surface area contributed by atoms with Gasteiger partial charge in [-0.15, -0.1) is 16.4 Å². The van der Waals surface area contributed by atoms with Crippen molar-refractivity contribution in [2.75, 3.05) is 5.32 Å². The van der Waals surface area contributed by atoms with E-state index in [0.29, 0.717) is 17.3 Å². The van der Waals surface area contributed by atoms with Gasteiger partial charge in [-0.25, -0.2) is 18.9 Å². The van der Waals surface area contributed by atoms with Gasteiger partial charge in [-0.1, -0.05) is 26.8 Å². The fraction of sp³-hybridized carbons (Fsp3) is 0.440. The number of carbonyl (C=O) groups is 1. The van der Waals surface area contributed by atoms with Crippen molar-refractivity contribution in [3.05, 3.63) is 56.6 Å². The molecule has 1 aliphatic carbocycles. The average molecular weight is 464 g/mol. The van der Waals surface area contributed by atoms with E-state index in [2.05, 4.69) is 36.2 Å². The Labute approximate surface area is 196 Å². The minimum atomic E-state index is -0.349. The number of nitrogens with one attached hydrogen (secondary N) is 1. The molecule has 5 rings (SSSR count). The minimum absolute atomic E-state index is 0.145. The fourth-order valence-corrected chi connectivity index (χ4v) is 5.96. The molecule has 1 N–H and O–H groups in total. The second-order valence-corrected chi connectivity index (χ2v) is 11.3. The van der Waals surface area contributed by atoms with Crippen molar-refractivity contribution in [1.82, 2.24) is 19.2 Å². The molecule has 3 aromatic heterocycles. The highest BCUT2D eigenvalue weighted by molar-refractivity contribution is 7.19. The summed E-state index contributed by atoms with van der Waals surface area (Å²) in [5, 5.41) is 8.41. The van der Waals surface area contributed by atoms with Crippen molar-refractivity contribution >= 4 is 38.8 Å². The van der Waals surface area contributed by atoms with E-state index < -0.39 is 0 Å². The van der Waals surface area contributed by atoms with Crippen LogP contribution in [0.4, 0.5) is 5.69 Å². The standard InChI is InChI=1S/C25H29N5O2S/c1-14-6-8-17(10-15(14)2)27-20(31)12-30-24(32)29-13-26-23-21(22(29)28-30)18-9-7-16(25(3,4)5)11-19(18)33-23/h6,8,10,13,16H,7,9,11-12H2,1-5H3,(H,27,31)/t16-/m0/s1. The van der Waals surface area contributed by atoms with E-state index in [1.165, 1.54) is 25.9 Å². The SMILES string of the molecule is Cc1ccc(NC(=O)Cn2nc3c4c5c(sc4ncn3c2=O)C[C@@H](C(C)(C)C)CC5)cc1C. The Balaban J connectivity index is 1.48. The zero-order chi connectivity index (χ0) is 23.5. The summed E-state index contributed by atoms with van der Waals surface area (Å²) in [6.45, 7) is 10.8. The first-order valence-corrected chi connectivity index (χ1v) is 12.2. The number of hydrogen-bond acceptors (Lipinski definition) is 5. The molecule has 3 heterocycles. The lowest BCUT2D eigenvalue weighted by Crippen LogP contribution is -2.28. The van der Waals surface area contributed by atoms with Gasteiger partial charge < -0.3 is 5.32 Å². The molecule has 33 heavy (non-hydrogen) atoms. The van der Waals surface area contributed by atoms with Gasteiger partial charge in [-0.3, -0.25) is 4.79 Å². The number of carbonyl (C=O) groups excluding carboxylic acids is 1. The molecule has 0 bridgehead atoms. The van der Waals surface area contributed by atoms with Crippen LogP contribution in [-0.2, 0) is 24.2 Å². The Bertz CT molecular complexity index is 1450. The summed E-state index contributed by atoms with van der Waals surface area (Å²) in [5.74, 6) is 0.344. The van der Waals surface area contributed by atoms with E-state index in [1.807, 2.05) is 32.0 Å². The van der Waals surface area contributed by atoms with Crippen LogP contribution >= 0.6 is 11.3 Å². The van der Waals surface area contributed by atoms with Crippen LogP contribution in [0.15, 0.2) is 29.3 Å². The number of hydrogen-bond donors (Lipinski definition) is 1. The van der Waals surface area contributed by atoms with Crippen LogP contribution in [0.25, 0.3) is 15.9 Å². The molecule has 1 aromatic carbocycles. The number of nitrogens with zero attached hydrogens (tertiary/aromatic N) is 4. The predicted molar refractivity (Wildman–Crippen MR) is 132 cm³/mol. The first kappa shape index (κ1) is 21.8. The molecular weight excluding hydrogens is 434 g/mol. The van der Waals surface area contributed by atoms with Crippen LogP contribution < -0.4 is 11.0 Å². The van der Waals surface area contributed by atoms with Gasteiger partial charge >= 0.3 is 5.69 Å². The second-order valence-electron chi connectivity index (χ2n) is 10.2. The normalized spacial score (nSPS) is 16.3. The number of rotatable bonds is 3. The average Bonchev–Trinajstić information content (AvgIpc) is 3.27. The summed E-state index contributed by atoms with van der Waals surface area (Å²) in [4.78, 5) is 32.5. The molecule has 1 amide bonds. The summed E-state index contributed by atoms with van der Waals surface area (Å²) in [6, 6.07) is 5.76. The van der Waals surface area contributed by atoms with Crippen LogP contribution in [-0.4, -0.2) is 25.1 Å². The molecule has 0 spiro atoms. The predicted octanol–water partition coefficient (Wildman–Crippen LogP) is 4.51. The molecule has 172 valence electrons. The van der Waals surface area contributed by atoms with E-state index in [1.54, 1.807) is 11.3 Å². The summed E-state index contributed by atoms with van der Waals surface area (Å²) in [6.07, 6.45) is 4.66. The molecule has 0 saturated carbocycles. The van der Waals surface area contributed by atoms with Gasteiger partial charge in [0.2, 0.25) is 5.91 Å². The summed E-state index contributed by atoms with van der Waals surface area (Å²) in [5.41, 5.74) is 4.75. The molecule has 0 unspecified atom stereocenters. The Morgan fingerprint density at radius 3 is 2.76 bits per heavy atom. The number of benzene rings is 1. The van der Waals surface area contributed by atoms with Crippen molar-refractivity contribution in [3.63, 3.8) is 0 Å². The maximum atomic E-state index is 13.0. The topological polar surface area (TPSA) is 81.3 Å². The lowest BCUT2D eigenvalue weighted by atomic mass is 9.72.